The monoisotopic (exact) mass is 684 g/mol. The van der Waals surface area contributed by atoms with E-state index < -0.39 is 23.5 Å². The molecule has 0 unspecified atom stereocenters. The molecule has 12 heteroatoms. The van der Waals surface area contributed by atoms with Gasteiger partial charge < -0.3 is 30.6 Å². The number of aromatic nitrogens is 2. The number of pyridine rings is 2. The number of carbonyl (C=O) groups excluding carboxylic acids is 3. The summed E-state index contributed by atoms with van der Waals surface area (Å²) in [6.45, 7) is 5.26. The second-order valence-electron chi connectivity index (χ2n) is 12.5. The van der Waals surface area contributed by atoms with Crippen molar-refractivity contribution in [2.45, 2.75) is 26.4 Å². The van der Waals surface area contributed by atoms with Crippen LogP contribution in [0.25, 0.3) is 32.7 Å². The third-order valence-electron chi connectivity index (χ3n) is 7.78. The largest absolute Gasteiger partial charge is 0.495 e. The van der Waals surface area contributed by atoms with Gasteiger partial charge in [0.25, 0.3) is 11.8 Å². The zero-order valence-corrected chi connectivity index (χ0v) is 28.7. The molecule has 0 saturated carbocycles. The maximum atomic E-state index is 14.1. The number of methoxy groups -OCH3 is 2. The Kier molecular flexibility index (Phi) is 9.41. The van der Waals surface area contributed by atoms with Crippen LogP contribution >= 0.6 is 0 Å². The van der Waals surface area contributed by atoms with Crippen molar-refractivity contribution in [3.8, 4) is 22.6 Å². The number of hydrogen-bond acceptors (Lipinski definition) is 9. The summed E-state index contributed by atoms with van der Waals surface area (Å²) in [7, 11) is 2.96. The normalized spacial score (nSPS) is 11.2. The number of fused-ring (bicyclic) bond motifs is 2. The molecule has 51 heavy (non-hydrogen) atoms. The molecule has 5 N–H and O–H groups in total. The molecule has 0 saturated heterocycles. The smallest absolute Gasteiger partial charge is 0.413 e. The third-order valence-corrected chi connectivity index (χ3v) is 7.78. The van der Waals surface area contributed by atoms with Gasteiger partial charge in [-0.05, 0) is 78.7 Å². The van der Waals surface area contributed by atoms with Crippen LogP contribution in [0.5, 0.6) is 11.5 Å². The van der Waals surface area contributed by atoms with Crippen molar-refractivity contribution in [3.05, 3.63) is 108 Å². The van der Waals surface area contributed by atoms with E-state index in [2.05, 4.69) is 25.9 Å². The number of benzene rings is 4. The number of carbonyl (C=O) groups is 3. The molecule has 0 atom stereocenters. The summed E-state index contributed by atoms with van der Waals surface area (Å²) < 4.78 is 17.4. The van der Waals surface area contributed by atoms with Crippen LogP contribution in [-0.2, 0) is 4.74 Å². The summed E-state index contributed by atoms with van der Waals surface area (Å²) in [4.78, 5) is 48.9. The molecule has 0 aliphatic heterocycles. The van der Waals surface area contributed by atoms with E-state index in [-0.39, 0.29) is 45.9 Å². The maximum Gasteiger partial charge on any atom is 0.413 e. The first-order valence-corrected chi connectivity index (χ1v) is 16.0. The Morgan fingerprint density at radius 3 is 1.53 bits per heavy atom. The van der Waals surface area contributed by atoms with Gasteiger partial charge in [0.15, 0.2) is 0 Å². The zero-order chi connectivity index (χ0) is 36.3. The summed E-state index contributed by atoms with van der Waals surface area (Å²) in [5.74, 6) is 0.413. The summed E-state index contributed by atoms with van der Waals surface area (Å²) in [6, 6.07) is 28.4. The molecule has 0 bridgehead atoms. The van der Waals surface area contributed by atoms with Crippen LogP contribution in [0.1, 0.15) is 41.5 Å². The van der Waals surface area contributed by atoms with Crippen molar-refractivity contribution < 1.29 is 28.6 Å². The second-order valence-corrected chi connectivity index (χ2v) is 12.5. The van der Waals surface area contributed by atoms with E-state index >= 15 is 0 Å². The van der Waals surface area contributed by atoms with E-state index in [1.165, 1.54) is 14.2 Å². The molecule has 0 aliphatic carbocycles. The van der Waals surface area contributed by atoms with E-state index in [0.717, 1.165) is 21.5 Å². The number of ether oxygens (including phenoxy) is 3. The highest BCUT2D eigenvalue weighted by molar-refractivity contribution is 6.19. The first kappa shape index (κ1) is 34.2. The predicted octanol–water partition coefficient (Wildman–Crippen LogP) is 7.90. The Balaban J connectivity index is 1.49. The fourth-order valence-electron chi connectivity index (χ4n) is 5.79. The minimum absolute atomic E-state index is 0.183. The average Bonchev–Trinajstić information content (AvgIpc) is 3.09. The van der Waals surface area contributed by atoms with Crippen LogP contribution in [0.3, 0.4) is 0 Å². The molecule has 2 heterocycles. The van der Waals surface area contributed by atoms with Crippen LogP contribution in [0.4, 0.5) is 28.1 Å². The van der Waals surface area contributed by atoms with Crippen LogP contribution < -0.4 is 31.2 Å². The van der Waals surface area contributed by atoms with Crippen molar-refractivity contribution in [2.75, 3.05) is 35.9 Å². The van der Waals surface area contributed by atoms with Crippen LogP contribution in [0, 0.1) is 0 Å². The van der Waals surface area contributed by atoms with Crippen LogP contribution in [-0.4, -0.2) is 47.7 Å². The van der Waals surface area contributed by atoms with Gasteiger partial charge >= 0.3 is 6.09 Å². The highest BCUT2D eigenvalue weighted by Gasteiger charge is 2.28. The number of anilines is 4. The summed E-state index contributed by atoms with van der Waals surface area (Å²) in [5, 5.41) is 11.2. The third kappa shape index (κ3) is 7.35. The Labute approximate surface area is 294 Å². The van der Waals surface area contributed by atoms with Gasteiger partial charge in [-0.1, -0.05) is 60.7 Å². The summed E-state index contributed by atoms with van der Waals surface area (Å²) in [6.07, 6.45) is -0.680. The molecule has 0 aliphatic rings. The van der Waals surface area contributed by atoms with Gasteiger partial charge in [-0.25, -0.2) is 14.8 Å². The molecule has 6 aromatic rings. The van der Waals surface area contributed by atoms with Crippen molar-refractivity contribution in [1.29, 1.82) is 0 Å². The minimum atomic E-state index is -0.703. The van der Waals surface area contributed by atoms with Crippen LogP contribution in [0.2, 0.25) is 0 Å². The fraction of sp³-hybridized carbons (Fsp3) is 0.154. The summed E-state index contributed by atoms with van der Waals surface area (Å²) >= 11 is 0. The molecule has 258 valence electrons. The SMILES string of the molecule is COc1c(C(=O)Nc2cccc(N)n2)cc2ccccc2c1-c1c(OC)c(C(=O)Nc2cccc(NC(=O)OC(C)(C)C)n2)cc2ccccc12. The predicted molar refractivity (Wildman–Crippen MR) is 199 cm³/mol. The van der Waals surface area contributed by atoms with Crippen molar-refractivity contribution in [3.63, 3.8) is 0 Å². The zero-order valence-electron chi connectivity index (χ0n) is 28.7. The number of nitrogen functional groups attached to an aromatic ring is 1. The van der Waals surface area contributed by atoms with Crippen molar-refractivity contribution in [2.24, 2.45) is 0 Å². The first-order chi connectivity index (χ1) is 24.5. The molecule has 2 aromatic heterocycles. The van der Waals surface area contributed by atoms with Crippen molar-refractivity contribution in [1.82, 2.24) is 9.97 Å². The highest BCUT2D eigenvalue weighted by atomic mass is 16.6. The molecule has 3 amide bonds. The molecular weight excluding hydrogens is 648 g/mol. The lowest BCUT2D eigenvalue weighted by molar-refractivity contribution is 0.0635. The Bertz CT molecular complexity index is 2320. The van der Waals surface area contributed by atoms with Gasteiger partial charge in [-0.15, -0.1) is 0 Å². The van der Waals surface area contributed by atoms with Gasteiger partial charge in [0.1, 0.15) is 40.4 Å². The number of nitrogens with two attached hydrogens (primary N) is 1. The number of nitrogens with zero attached hydrogens (tertiary/aromatic N) is 2. The van der Waals surface area contributed by atoms with E-state index in [9.17, 15) is 14.4 Å². The molecular formula is C39H36N6O6. The van der Waals surface area contributed by atoms with Crippen molar-refractivity contribution >= 4 is 62.7 Å². The van der Waals surface area contributed by atoms with Gasteiger partial charge in [-0.3, -0.25) is 14.9 Å². The molecule has 6 rings (SSSR count). The van der Waals surface area contributed by atoms with Gasteiger partial charge in [0, 0.05) is 11.1 Å². The van der Waals surface area contributed by atoms with E-state index in [0.29, 0.717) is 11.1 Å². The Morgan fingerprint density at radius 2 is 1.06 bits per heavy atom. The molecule has 12 nitrogen and oxygen atoms in total. The Morgan fingerprint density at radius 1 is 0.608 bits per heavy atom. The van der Waals surface area contributed by atoms with Gasteiger partial charge in [0.05, 0.1) is 25.3 Å². The molecule has 0 spiro atoms. The topological polar surface area (TPSA) is 167 Å². The first-order valence-electron chi connectivity index (χ1n) is 16.0. The average molecular weight is 685 g/mol. The molecule has 0 radical (unpaired) electrons. The second kappa shape index (κ2) is 14.0. The lowest BCUT2D eigenvalue weighted by Crippen LogP contribution is -2.27. The number of nitrogens with one attached hydrogen (secondary N) is 3. The maximum absolute atomic E-state index is 14.1. The highest BCUT2D eigenvalue weighted by Crippen LogP contribution is 2.48. The lowest BCUT2D eigenvalue weighted by atomic mass is 9.88. The van der Waals surface area contributed by atoms with Gasteiger partial charge in [0.2, 0.25) is 0 Å². The lowest BCUT2D eigenvalue weighted by Gasteiger charge is -2.22. The fourth-order valence-corrected chi connectivity index (χ4v) is 5.79. The molecule has 0 fully saturated rings. The number of rotatable bonds is 8. The minimum Gasteiger partial charge on any atom is -0.495 e. The summed E-state index contributed by atoms with van der Waals surface area (Å²) in [5.41, 5.74) is 6.68. The number of hydrogen-bond donors (Lipinski definition) is 4. The molecule has 4 aromatic carbocycles. The van der Waals surface area contributed by atoms with Crippen LogP contribution in [0.15, 0.2) is 97.1 Å². The number of amides is 3. The standard InChI is InChI=1S/C39H36N6O6/c1-39(2,3)51-38(48)45-31-19-11-18-30(42-31)44-37(47)27-21-23-13-7-9-15-25(23)33(35(27)50-5)32-24-14-8-6-12-22(24)20-26(34(32)49-4)36(46)43-29-17-10-16-28(40)41-29/h6-21H,1-5H3,(H3,40,41,43,46)(H2,42,44,45,47,48). The Hall–Kier alpha value is -6.69. The van der Waals surface area contributed by atoms with E-state index in [1.807, 2.05) is 48.5 Å². The van der Waals surface area contributed by atoms with E-state index in [4.69, 9.17) is 19.9 Å². The van der Waals surface area contributed by atoms with Gasteiger partial charge in [-0.2, -0.15) is 0 Å². The van der Waals surface area contributed by atoms with E-state index in [1.54, 1.807) is 69.3 Å². The quantitative estimate of drug-likeness (QED) is 0.125.